The first-order chi connectivity index (χ1) is 8.12. The summed E-state index contributed by atoms with van der Waals surface area (Å²) in [7, 11) is 0. The highest BCUT2D eigenvalue weighted by Gasteiger charge is 2.34. The summed E-state index contributed by atoms with van der Waals surface area (Å²) in [6, 6.07) is -0.469. The van der Waals surface area contributed by atoms with E-state index in [0.29, 0.717) is 13.1 Å². The van der Waals surface area contributed by atoms with Gasteiger partial charge in [-0.15, -0.1) is 0 Å². The van der Waals surface area contributed by atoms with Crippen molar-refractivity contribution in [2.45, 2.75) is 38.4 Å². The van der Waals surface area contributed by atoms with Crippen LogP contribution in [-0.2, 0) is 4.79 Å². The molecular formula is C11H22N4O3. The van der Waals surface area contributed by atoms with E-state index in [9.17, 15) is 9.59 Å². The lowest BCUT2D eigenvalue weighted by Crippen LogP contribution is -2.50. The summed E-state index contributed by atoms with van der Waals surface area (Å²) in [5, 5.41) is 9.11. The average molecular weight is 258 g/mol. The van der Waals surface area contributed by atoms with Gasteiger partial charge in [0.2, 0.25) is 5.91 Å². The van der Waals surface area contributed by atoms with Gasteiger partial charge in [0.25, 0.3) is 0 Å². The normalized spacial score (nSPS) is 24.2. The van der Waals surface area contributed by atoms with E-state index in [1.165, 1.54) is 4.90 Å². The second-order valence-corrected chi connectivity index (χ2v) is 5.67. The number of hydrogen-bond donors (Lipinski definition) is 3. The summed E-state index contributed by atoms with van der Waals surface area (Å²) in [4.78, 5) is 25.8. The Bertz CT molecular complexity index is 330. The topological polar surface area (TPSA) is 113 Å². The fraction of sp³-hybridized carbons (Fsp3) is 0.818. The lowest BCUT2D eigenvalue weighted by atomic mass is 10.1. The minimum Gasteiger partial charge on any atom is -0.465 e. The van der Waals surface area contributed by atoms with Crippen molar-refractivity contribution in [1.29, 1.82) is 0 Å². The lowest BCUT2D eigenvalue weighted by molar-refractivity contribution is -0.132. The van der Waals surface area contributed by atoms with Gasteiger partial charge >= 0.3 is 6.09 Å². The number of hydrogen-bond acceptors (Lipinski definition) is 4. The Morgan fingerprint density at radius 1 is 1.28 bits per heavy atom. The molecule has 0 saturated carbocycles. The lowest BCUT2D eigenvalue weighted by Gasteiger charge is -2.33. The third-order valence-electron chi connectivity index (χ3n) is 3.10. The maximum absolute atomic E-state index is 12.0. The number of carbonyl (C=O) groups is 2. The Morgan fingerprint density at radius 3 is 2.06 bits per heavy atom. The summed E-state index contributed by atoms with van der Waals surface area (Å²) in [5.74, 6) is -0.254. The molecular weight excluding hydrogens is 236 g/mol. The third kappa shape index (κ3) is 3.33. The molecule has 5 N–H and O–H groups in total. The molecule has 104 valence electrons. The highest BCUT2D eigenvalue weighted by Crippen LogP contribution is 2.15. The molecule has 1 fully saturated rings. The second kappa shape index (κ2) is 5.11. The van der Waals surface area contributed by atoms with E-state index in [-0.39, 0.29) is 24.5 Å². The van der Waals surface area contributed by atoms with Crippen LogP contribution >= 0.6 is 0 Å². The zero-order chi connectivity index (χ0) is 14.1. The fourth-order valence-electron chi connectivity index (χ4n) is 1.88. The maximum Gasteiger partial charge on any atom is 0.408 e. The zero-order valence-corrected chi connectivity index (χ0v) is 11.1. The van der Waals surface area contributed by atoms with Gasteiger partial charge in [-0.25, -0.2) is 4.79 Å². The van der Waals surface area contributed by atoms with Crippen LogP contribution in [0.25, 0.3) is 0 Å². The van der Waals surface area contributed by atoms with Crippen LogP contribution in [0.15, 0.2) is 0 Å². The molecule has 2 amide bonds. The zero-order valence-electron chi connectivity index (χ0n) is 11.1. The van der Waals surface area contributed by atoms with Gasteiger partial charge in [-0.3, -0.25) is 9.69 Å². The van der Waals surface area contributed by atoms with Crippen LogP contribution in [0.3, 0.4) is 0 Å². The van der Waals surface area contributed by atoms with Crippen molar-refractivity contribution >= 4 is 12.0 Å². The van der Waals surface area contributed by atoms with Gasteiger partial charge in [-0.1, -0.05) is 0 Å². The Kier molecular flexibility index (Phi) is 4.18. The maximum atomic E-state index is 12.0. The van der Waals surface area contributed by atoms with Gasteiger partial charge < -0.3 is 21.5 Å². The number of carboxylic acid groups (broad SMARTS) is 1. The predicted molar refractivity (Wildman–Crippen MR) is 67.0 cm³/mol. The Labute approximate surface area is 107 Å². The van der Waals surface area contributed by atoms with Gasteiger partial charge in [-0.2, -0.15) is 0 Å². The van der Waals surface area contributed by atoms with Crippen molar-refractivity contribution in [1.82, 2.24) is 9.80 Å². The molecule has 18 heavy (non-hydrogen) atoms. The molecule has 0 spiro atoms. The van der Waals surface area contributed by atoms with E-state index < -0.39 is 11.6 Å². The van der Waals surface area contributed by atoms with Crippen LogP contribution in [0, 0.1) is 0 Å². The van der Waals surface area contributed by atoms with Crippen LogP contribution in [0.4, 0.5) is 4.79 Å². The van der Waals surface area contributed by atoms with Gasteiger partial charge in [0.1, 0.15) is 6.54 Å². The highest BCUT2D eigenvalue weighted by atomic mass is 16.4. The molecule has 1 aliphatic heterocycles. The van der Waals surface area contributed by atoms with E-state index in [0.717, 1.165) is 4.90 Å². The summed E-state index contributed by atoms with van der Waals surface area (Å²) >= 11 is 0. The van der Waals surface area contributed by atoms with E-state index >= 15 is 0 Å². The Morgan fingerprint density at radius 2 is 1.72 bits per heavy atom. The van der Waals surface area contributed by atoms with Crippen molar-refractivity contribution in [3.63, 3.8) is 0 Å². The summed E-state index contributed by atoms with van der Waals surface area (Å²) in [5.41, 5.74) is 10.8. The average Bonchev–Trinajstić information content (AvgIpc) is 2.53. The van der Waals surface area contributed by atoms with Crippen molar-refractivity contribution in [2.24, 2.45) is 11.5 Å². The van der Waals surface area contributed by atoms with E-state index in [4.69, 9.17) is 16.6 Å². The number of nitrogens with zero attached hydrogens (tertiary/aromatic N) is 2. The molecule has 0 aromatic heterocycles. The molecule has 7 heteroatoms. The molecule has 0 aliphatic carbocycles. The fourth-order valence-corrected chi connectivity index (χ4v) is 1.88. The largest absolute Gasteiger partial charge is 0.465 e. The van der Waals surface area contributed by atoms with Gasteiger partial charge in [0.05, 0.1) is 0 Å². The molecule has 0 aromatic rings. The van der Waals surface area contributed by atoms with Crippen molar-refractivity contribution in [3.8, 4) is 0 Å². The molecule has 1 rings (SSSR count). The first-order valence-corrected chi connectivity index (χ1v) is 5.92. The number of likely N-dealkylation sites (tertiary alicyclic amines) is 1. The molecule has 2 atom stereocenters. The molecule has 1 heterocycles. The molecule has 1 aliphatic rings. The summed E-state index contributed by atoms with van der Waals surface area (Å²) < 4.78 is 0. The Balaban J connectivity index is 2.66. The van der Waals surface area contributed by atoms with Crippen LogP contribution in [-0.4, -0.2) is 64.2 Å². The monoisotopic (exact) mass is 258 g/mol. The van der Waals surface area contributed by atoms with E-state index in [1.807, 2.05) is 0 Å². The van der Waals surface area contributed by atoms with Crippen LogP contribution in [0.1, 0.15) is 20.8 Å². The molecule has 1 saturated heterocycles. The number of nitrogens with two attached hydrogens (primary N) is 2. The van der Waals surface area contributed by atoms with Crippen LogP contribution in [0.5, 0.6) is 0 Å². The van der Waals surface area contributed by atoms with Gasteiger partial charge in [-0.05, 0) is 20.8 Å². The summed E-state index contributed by atoms with van der Waals surface area (Å²) in [6.45, 7) is 5.84. The highest BCUT2D eigenvalue weighted by molar-refractivity contribution is 5.82. The SMILES string of the molecule is CC(C)(C)N(CC(=O)N1C[C@@H](N)[C@@H](N)C1)C(=O)O. The quantitative estimate of drug-likeness (QED) is 0.604. The van der Waals surface area contributed by atoms with Gasteiger partial charge in [0, 0.05) is 30.7 Å². The predicted octanol–water partition coefficient (Wildman–Crippen LogP) is -0.738. The van der Waals surface area contributed by atoms with Crippen molar-refractivity contribution < 1.29 is 14.7 Å². The van der Waals surface area contributed by atoms with E-state index in [1.54, 1.807) is 20.8 Å². The van der Waals surface area contributed by atoms with Crippen LogP contribution in [0.2, 0.25) is 0 Å². The minimum atomic E-state index is -1.11. The minimum absolute atomic E-state index is 0.168. The van der Waals surface area contributed by atoms with Gasteiger partial charge in [0.15, 0.2) is 0 Å². The standard InChI is InChI=1S/C11H22N4O3/c1-11(2,3)15(10(17)18)6-9(16)14-4-7(12)8(13)5-14/h7-8H,4-6,12-13H2,1-3H3,(H,17,18)/t7-,8+. The smallest absolute Gasteiger partial charge is 0.408 e. The van der Waals surface area contributed by atoms with E-state index in [2.05, 4.69) is 0 Å². The van der Waals surface area contributed by atoms with Crippen molar-refractivity contribution in [3.05, 3.63) is 0 Å². The number of rotatable bonds is 2. The molecule has 0 unspecified atom stereocenters. The molecule has 0 bridgehead atoms. The molecule has 0 aromatic carbocycles. The summed E-state index contributed by atoms with van der Waals surface area (Å²) in [6.07, 6.45) is -1.11. The van der Waals surface area contributed by atoms with Crippen molar-refractivity contribution in [2.75, 3.05) is 19.6 Å². The van der Waals surface area contributed by atoms with Crippen LogP contribution < -0.4 is 11.5 Å². The number of amides is 2. The Hall–Kier alpha value is -1.34. The molecule has 7 nitrogen and oxygen atoms in total. The first kappa shape index (κ1) is 14.7. The first-order valence-electron chi connectivity index (χ1n) is 5.92. The second-order valence-electron chi connectivity index (χ2n) is 5.67. The third-order valence-corrected chi connectivity index (χ3v) is 3.10. The number of carbonyl (C=O) groups excluding carboxylic acids is 1. The molecule has 0 radical (unpaired) electrons.